The summed E-state index contributed by atoms with van der Waals surface area (Å²) in [6, 6.07) is 1.35. The molecule has 1 unspecified atom stereocenters. The topological polar surface area (TPSA) is 92.7 Å². The van der Waals surface area contributed by atoms with Crippen molar-refractivity contribution in [2.24, 2.45) is 0 Å². The lowest BCUT2D eigenvalue weighted by atomic mass is 10.2. The van der Waals surface area contributed by atoms with Crippen molar-refractivity contribution in [3.05, 3.63) is 35.5 Å². The lowest BCUT2D eigenvalue weighted by Gasteiger charge is -2.24. The molecule has 2 aliphatic heterocycles. The maximum Gasteiger partial charge on any atom is 0.247 e. The first-order chi connectivity index (χ1) is 14.5. The molecule has 3 heterocycles. The molecule has 2 amide bonds. The van der Waals surface area contributed by atoms with Crippen LogP contribution >= 0.6 is 0 Å². The maximum absolute atomic E-state index is 12.2. The molecular formula is C22H34N4O4. The summed E-state index contributed by atoms with van der Waals surface area (Å²) < 4.78 is 7.07. The number of hydrogen-bond donors (Lipinski definition) is 2. The van der Waals surface area contributed by atoms with Crippen molar-refractivity contribution in [3.63, 3.8) is 0 Å². The largest absolute Gasteiger partial charge is 0.358 e. The molecule has 2 saturated heterocycles. The number of aromatic nitrogens is 1. The minimum atomic E-state index is -0.432. The molecule has 0 bridgehead atoms. The quantitative estimate of drug-likeness (QED) is 0.656. The monoisotopic (exact) mass is 418 g/mol. The van der Waals surface area contributed by atoms with E-state index in [2.05, 4.69) is 23.8 Å². The average molecular weight is 419 g/mol. The minimum absolute atomic E-state index is 0.00514. The third-order valence-corrected chi connectivity index (χ3v) is 4.60. The van der Waals surface area contributed by atoms with Crippen molar-refractivity contribution in [1.29, 1.82) is 0 Å². The summed E-state index contributed by atoms with van der Waals surface area (Å²) in [6.07, 6.45) is 8.15. The smallest absolute Gasteiger partial charge is 0.247 e. The Morgan fingerprint density at radius 2 is 2.10 bits per heavy atom. The highest BCUT2D eigenvalue weighted by Gasteiger charge is 2.36. The van der Waals surface area contributed by atoms with Crippen molar-refractivity contribution < 1.29 is 19.1 Å². The molecule has 30 heavy (non-hydrogen) atoms. The van der Waals surface area contributed by atoms with E-state index in [9.17, 15) is 14.4 Å². The lowest BCUT2D eigenvalue weighted by Crippen LogP contribution is -2.50. The van der Waals surface area contributed by atoms with Gasteiger partial charge in [0.25, 0.3) is 0 Å². The Morgan fingerprint density at radius 1 is 1.37 bits per heavy atom. The summed E-state index contributed by atoms with van der Waals surface area (Å²) in [5.41, 5.74) is 0. The predicted octanol–water partition coefficient (Wildman–Crippen LogP) is -0.0112. The van der Waals surface area contributed by atoms with Crippen LogP contribution in [0.3, 0.4) is 0 Å². The number of hydrogen-bond acceptors (Lipinski definition) is 5. The van der Waals surface area contributed by atoms with Crippen molar-refractivity contribution in [2.45, 2.75) is 45.4 Å². The highest BCUT2D eigenvalue weighted by Crippen LogP contribution is 2.22. The standard InChI is InChI=1S/C11H19N3O3.C9H9NO.C2H6/c1-12-7-9(15)13-8-4-6-17-10-3-2-5-14(10)11(8)16;1-3-4-9-8(2)5-6-10(9)7-11;1-2/h8,10,12H,2-7H2,1H3,(H,13,15);3-7H,1-2H2;1-2H3/b;9-4+;/t8-,10?;;/m0../s1. The van der Waals surface area contributed by atoms with Gasteiger partial charge < -0.3 is 20.3 Å². The third-order valence-electron chi connectivity index (χ3n) is 4.60. The van der Waals surface area contributed by atoms with Gasteiger partial charge in [-0.25, -0.2) is 0 Å². The molecule has 2 N–H and O–H groups in total. The molecule has 166 valence electrons. The van der Waals surface area contributed by atoms with E-state index in [1.165, 1.54) is 4.57 Å². The summed E-state index contributed by atoms with van der Waals surface area (Å²) in [6.45, 7) is 12.8. The molecule has 8 heteroatoms. The van der Waals surface area contributed by atoms with Crippen LogP contribution in [0.1, 0.15) is 33.1 Å². The highest BCUT2D eigenvalue weighted by molar-refractivity contribution is 5.88. The van der Waals surface area contributed by atoms with Gasteiger partial charge in [-0.2, -0.15) is 0 Å². The second-order valence-electron chi connectivity index (χ2n) is 6.58. The van der Waals surface area contributed by atoms with Gasteiger partial charge in [-0.1, -0.05) is 33.1 Å². The third kappa shape index (κ3) is 6.96. The Bertz CT molecular complexity index is 818. The fourth-order valence-electron chi connectivity index (χ4n) is 3.25. The molecule has 8 nitrogen and oxygen atoms in total. The van der Waals surface area contributed by atoms with E-state index in [0.717, 1.165) is 36.4 Å². The van der Waals surface area contributed by atoms with Crippen LogP contribution in [-0.4, -0.2) is 66.7 Å². The molecule has 2 fully saturated rings. The van der Waals surface area contributed by atoms with Crippen LogP contribution in [0.2, 0.25) is 0 Å². The second kappa shape index (κ2) is 13.5. The number of nitrogens with one attached hydrogen (secondary N) is 2. The van der Waals surface area contributed by atoms with Crippen LogP contribution < -0.4 is 21.2 Å². The van der Waals surface area contributed by atoms with Gasteiger partial charge in [0.05, 0.1) is 18.5 Å². The SMILES string of the molecule is C=C/C=c1\c(=C)ccn1C=O.CC.CNCC(=O)N[C@H]1CCOC2CCCN2C1=O. The van der Waals surface area contributed by atoms with Gasteiger partial charge in [0.1, 0.15) is 12.3 Å². The normalized spacial score (nSPS) is 20.7. The van der Waals surface area contributed by atoms with Crippen LogP contribution in [0.4, 0.5) is 0 Å². The zero-order valence-electron chi connectivity index (χ0n) is 18.2. The molecular weight excluding hydrogens is 384 g/mol. The first kappa shape index (κ1) is 25.3. The Morgan fingerprint density at radius 3 is 2.73 bits per heavy atom. The molecule has 2 atom stereocenters. The summed E-state index contributed by atoms with van der Waals surface area (Å²) in [7, 11) is 1.70. The van der Waals surface area contributed by atoms with E-state index >= 15 is 0 Å². The maximum atomic E-state index is 12.2. The molecule has 3 rings (SSSR count). The van der Waals surface area contributed by atoms with Gasteiger partial charge >= 0.3 is 0 Å². The molecule has 1 aromatic rings. The van der Waals surface area contributed by atoms with Gasteiger partial charge in [-0.15, -0.1) is 0 Å². The summed E-state index contributed by atoms with van der Waals surface area (Å²) in [5.74, 6) is -0.155. The number of allylic oxidation sites excluding steroid dienone is 1. The zero-order chi connectivity index (χ0) is 22.5. The van der Waals surface area contributed by atoms with Gasteiger partial charge in [0.15, 0.2) is 0 Å². The lowest BCUT2D eigenvalue weighted by molar-refractivity contribution is -0.140. The minimum Gasteiger partial charge on any atom is -0.358 e. The number of likely N-dealkylation sites (N-methyl/N-ethyl adjacent to an activating group) is 1. The fourth-order valence-corrected chi connectivity index (χ4v) is 3.25. The van der Waals surface area contributed by atoms with Gasteiger partial charge in [0, 0.05) is 19.2 Å². The average Bonchev–Trinajstić information content (AvgIpc) is 3.32. The molecule has 1 aromatic heterocycles. The molecule has 0 radical (unpaired) electrons. The van der Waals surface area contributed by atoms with Crippen molar-refractivity contribution in [1.82, 2.24) is 20.1 Å². The molecule has 0 spiro atoms. The van der Waals surface area contributed by atoms with E-state index in [-0.39, 0.29) is 24.6 Å². The van der Waals surface area contributed by atoms with E-state index in [4.69, 9.17) is 4.74 Å². The number of carbonyl (C=O) groups excluding carboxylic acids is 3. The van der Waals surface area contributed by atoms with Gasteiger partial charge in [-0.3, -0.25) is 19.0 Å². The van der Waals surface area contributed by atoms with Crippen molar-refractivity contribution >= 4 is 30.9 Å². The van der Waals surface area contributed by atoms with Crippen LogP contribution in [0.15, 0.2) is 24.9 Å². The number of ether oxygens (including phenoxy) is 1. The zero-order valence-corrected chi connectivity index (χ0v) is 18.2. The van der Waals surface area contributed by atoms with Crippen LogP contribution in [0, 0.1) is 0 Å². The Balaban J connectivity index is 0.000000300. The van der Waals surface area contributed by atoms with Gasteiger partial charge in [0.2, 0.25) is 18.2 Å². The van der Waals surface area contributed by atoms with E-state index < -0.39 is 6.04 Å². The first-order valence-electron chi connectivity index (χ1n) is 10.3. The highest BCUT2D eigenvalue weighted by atomic mass is 16.5. The van der Waals surface area contributed by atoms with Gasteiger partial charge in [-0.05, 0) is 37.3 Å². The molecule has 0 aromatic carbocycles. The van der Waals surface area contributed by atoms with Crippen LogP contribution in [-0.2, 0) is 19.1 Å². The first-order valence-corrected chi connectivity index (χ1v) is 10.3. The summed E-state index contributed by atoms with van der Waals surface area (Å²) in [4.78, 5) is 35.8. The summed E-state index contributed by atoms with van der Waals surface area (Å²) in [5, 5.41) is 7.13. The number of fused-ring (bicyclic) bond motifs is 1. The Kier molecular flexibility index (Phi) is 11.4. The van der Waals surface area contributed by atoms with Crippen LogP contribution in [0.25, 0.3) is 12.7 Å². The predicted molar refractivity (Wildman–Crippen MR) is 119 cm³/mol. The van der Waals surface area contributed by atoms with Crippen molar-refractivity contribution in [3.8, 4) is 0 Å². The molecule has 2 aliphatic rings. The number of amides is 2. The summed E-state index contributed by atoms with van der Waals surface area (Å²) >= 11 is 0. The number of rotatable bonds is 5. The Hall–Kier alpha value is -2.71. The van der Waals surface area contributed by atoms with Crippen molar-refractivity contribution in [2.75, 3.05) is 26.7 Å². The number of carbonyl (C=O) groups is 3. The van der Waals surface area contributed by atoms with E-state index in [0.29, 0.717) is 13.0 Å². The number of nitrogens with zero attached hydrogens (tertiary/aromatic N) is 2. The second-order valence-corrected chi connectivity index (χ2v) is 6.58. The van der Waals surface area contributed by atoms with E-state index in [1.807, 2.05) is 13.8 Å². The molecule has 0 saturated carbocycles. The molecule has 0 aliphatic carbocycles. The van der Waals surface area contributed by atoms with E-state index in [1.54, 1.807) is 36.4 Å². The Labute approximate surface area is 178 Å². The van der Waals surface area contributed by atoms with Crippen LogP contribution in [0.5, 0.6) is 0 Å². The fraction of sp³-hybridized carbons (Fsp3) is 0.500.